The predicted molar refractivity (Wildman–Crippen MR) is 31.4 cm³/mol. The molecule has 6 heavy (non-hydrogen) atoms. The lowest BCUT2D eigenvalue weighted by molar-refractivity contribution is 0.869. The quantitative estimate of drug-likeness (QED) is 0.524. The zero-order valence-corrected chi connectivity index (χ0v) is 4.05. The number of rotatable bonds is 2. The first-order valence-corrected chi connectivity index (χ1v) is 2.16. The Labute approximate surface area is 44.7 Å². The molecule has 0 radical (unpaired) electrons. The van der Waals surface area contributed by atoms with Crippen molar-refractivity contribution in [1.82, 2.24) is 5.32 Å². The van der Waals surface area contributed by atoms with Crippen molar-refractivity contribution in [3.8, 4) is 0 Å². The van der Waals surface area contributed by atoms with Crippen molar-refractivity contribution in [2.24, 2.45) is 0 Å². The molecule has 0 aromatic carbocycles. The van der Waals surface area contributed by atoms with Crippen molar-refractivity contribution in [3.63, 3.8) is 0 Å². The van der Waals surface area contributed by atoms with Crippen LogP contribution in [0, 0.1) is 0 Å². The molecule has 0 amide bonds. The maximum absolute atomic E-state index is 5.24. The lowest BCUT2D eigenvalue weighted by atomic mass is 10.8. The molecule has 0 bridgehead atoms. The molecule has 0 aliphatic heterocycles. The Morgan fingerprint density at radius 1 is 1.67 bits per heavy atom. The second kappa shape index (κ2) is 8.98. The maximum Gasteiger partial charge on any atom is 0.0348 e. The Hall–Kier alpha value is 0.250. The molecule has 0 heterocycles. The van der Waals surface area contributed by atoms with Gasteiger partial charge in [0.05, 0.1) is 0 Å². The highest BCUT2D eigenvalue weighted by atomic mass is 35.5. The molecule has 0 atom stereocenters. The SMILES string of the molecule is C.CNCCCl. The van der Waals surface area contributed by atoms with Crippen molar-refractivity contribution in [3.05, 3.63) is 0 Å². The van der Waals surface area contributed by atoms with Crippen LogP contribution in [-0.4, -0.2) is 19.5 Å². The standard InChI is InChI=1S/C3H8ClN.CH4/c1-5-3-2-4;/h5H,2-3H2,1H3;1H4. The van der Waals surface area contributed by atoms with Gasteiger partial charge in [0, 0.05) is 12.4 Å². The average Bonchev–Trinajstić information content (AvgIpc) is 1.41. The van der Waals surface area contributed by atoms with E-state index in [1.54, 1.807) is 0 Å². The number of halogens is 1. The summed E-state index contributed by atoms with van der Waals surface area (Å²) in [6.07, 6.45) is 0. The summed E-state index contributed by atoms with van der Waals surface area (Å²) >= 11 is 5.24. The van der Waals surface area contributed by atoms with Crippen molar-refractivity contribution < 1.29 is 0 Å². The summed E-state index contributed by atoms with van der Waals surface area (Å²) in [5.41, 5.74) is 0. The molecule has 0 aliphatic carbocycles. The van der Waals surface area contributed by atoms with Crippen LogP contribution in [0.1, 0.15) is 7.43 Å². The zero-order valence-electron chi connectivity index (χ0n) is 3.29. The molecule has 0 saturated carbocycles. The third-order valence-electron chi connectivity index (χ3n) is 0.344. The molecule has 0 saturated heterocycles. The summed E-state index contributed by atoms with van der Waals surface area (Å²) in [6.45, 7) is 0.904. The van der Waals surface area contributed by atoms with Crippen molar-refractivity contribution in [2.45, 2.75) is 7.43 Å². The molecule has 2 heteroatoms. The normalized spacial score (nSPS) is 7.00. The van der Waals surface area contributed by atoms with Gasteiger partial charge >= 0.3 is 0 Å². The predicted octanol–water partition coefficient (Wildman–Crippen LogP) is 1.08. The van der Waals surface area contributed by atoms with Crippen molar-refractivity contribution >= 4 is 11.6 Å². The Kier molecular flexibility index (Phi) is 14.3. The number of alkyl halides is 1. The molecular formula is C4H12ClN. The summed E-state index contributed by atoms with van der Waals surface area (Å²) in [7, 11) is 1.88. The molecule has 0 spiro atoms. The third-order valence-corrected chi connectivity index (χ3v) is 0.533. The molecule has 0 rings (SSSR count). The highest BCUT2D eigenvalue weighted by molar-refractivity contribution is 6.18. The van der Waals surface area contributed by atoms with Crippen LogP contribution < -0.4 is 5.32 Å². The zero-order chi connectivity index (χ0) is 4.12. The van der Waals surface area contributed by atoms with Gasteiger partial charge in [-0.15, -0.1) is 11.6 Å². The van der Waals surface area contributed by atoms with Crippen LogP contribution in [0.2, 0.25) is 0 Å². The van der Waals surface area contributed by atoms with E-state index in [9.17, 15) is 0 Å². The summed E-state index contributed by atoms with van der Waals surface area (Å²) < 4.78 is 0. The summed E-state index contributed by atoms with van der Waals surface area (Å²) in [5.74, 6) is 0.705. The third kappa shape index (κ3) is 8.87. The van der Waals surface area contributed by atoms with Gasteiger partial charge in [-0.25, -0.2) is 0 Å². The molecule has 0 fully saturated rings. The first kappa shape index (κ1) is 9.54. The fourth-order valence-corrected chi connectivity index (χ4v) is 0.283. The van der Waals surface area contributed by atoms with Gasteiger partial charge < -0.3 is 5.32 Å². The number of hydrogen-bond acceptors (Lipinski definition) is 1. The fraction of sp³-hybridized carbons (Fsp3) is 1.00. The van der Waals surface area contributed by atoms with Crippen LogP contribution in [0.5, 0.6) is 0 Å². The highest BCUT2D eigenvalue weighted by Crippen LogP contribution is 1.64. The van der Waals surface area contributed by atoms with Gasteiger partial charge in [0.2, 0.25) is 0 Å². The van der Waals surface area contributed by atoms with E-state index in [4.69, 9.17) is 11.6 Å². The number of hydrogen-bond donors (Lipinski definition) is 1. The molecule has 1 nitrogen and oxygen atoms in total. The van der Waals surface area contributed by atoms with Crippen LogP contribution in [0.25, 0.3) is 0 Å². The van der Waals surface area contributed by atoms with Gasteiger partial charge in [-0.3, -0.25) is 0 Å². The van der Waals surface area contributed by atoms with E-state index in [2.05, 4.69) is 5.32 Å². The van der Waals surface area contributed by atoms with E-state index < -0.39 is 0 Å². The lowest BCUT2D eigenvalue weighted by Crippen LogP contribution is -2.07. The average molecular weight is 110 g/mol. The van der Waals surface area contributed by atoms with E-state index in [1.165, 1.54) is 0 Å². The Morgan fingerprint density at radius 3 is 2.17 bits per heavy atom. The molecule has 0 unspecified atom stereocenters. The van der Waals surface area contributed by atoms with E-state index in [-0.39, 0.29) is 7.43 Å². The second-order valence-electron chi connectivity index (χ2n) is 0.793. The van der Waals surface area contributed by atoms with Gasteiger partial charge in [0.25, 0.3) is 0 Å². The Balaban J connectivity index is 0. The summed E-state index contributed by atoms with van der Waals surface area (Å²) in [5, 5.41) is 2.89. The van der Waals surface area contributed by atoms with Crippen molar-refractivity contribution in [1.29, 1.82) is 0 Å². The lowest BCUT2D eigenvalue weighted by Gasteiger charge is -1.82. The van der Waals surface area contributed by atoms with E-state index in [0.29, 0.717) is 5.88 Å². The second-order valence-corrected chi connectivity index (χ2v) is 1.17. The van der Waals surface area contributed by atoms with Gasteiger partial charge in [-0.1, -0.05) is 7.43 Å². The van der Waals surface area contributed by atoms with Crippen LogP contribution in [0.4, 0.5) is 0 Å². The minimum atomic E-state index is 0. The summed E-state index contributed by atoms with van der Waals surface area (Å²) in [6, 6.07) is 0. The fourth-order valence-electron chi connectivity index (χ4n) is 0.0945. The highest BCUT2D eigenvalue weighted by Gasteiger charge is 1.67. The van der Waals surface area contributed by atoms with Crippen LogP contribution in [0.15, 0.2) is 0 Å². The topological polar surface area (TPSA) is 12.0 Å². The largest absolute Gasteiger partial charge is 0.319 e. The summed E-state index contributed by atoms with van der Waals surface area (Å²) in [4.78, 5) is 0. The van der Waals surface area contributed by atoms with Gasteiger partial charge in [0.15, 0.2) is 0 Å². The van der Waals surface area contributed by atoms with Gasteiger partial charge in [0.1, 0.15) is 0 Å². The van der Waals surface area contributed by atoms with E-state index in [1.807, 2.05) is 7.05 Å². The van der Waals surface area contributed by atoms with Crippen LogP contribution in [-0.2, 0) is 0 Å². The molecule has 1 N–H and O–H groups in total. The first-order chi connectivity index (χ1) is 2.41. The van der Waals surface area contributed by atoms with Gasteiger partial charge in [-0.05, 0) is 7.05 Å². The van der Waals surface area contributed by atoms with E-state index >= 15 is 0 Å². The first-order valence-electron chi connectivity index (χ1n) is 1.62. The maximum atomic E-state index is 5.24. The monoisotopic (exact) mass is 109 g/mol. The Bertz CT molecular complexity index is 15.0. The van der Waals surface area contributed by atoms with Crippen molar-refractivity contribution in [2.75, 3.05) is 19.5 Å². The molecular weight excluding hydrogens is 97.5 g/mol. The molecule has 0 aromatic heterocycles. The minimum Gasteiger partial charge on any atom is -0.319 e. The minimum absolute atomic E-state index is 0. The number of nitrogens with one attached hydrogen (secondary N) is 1. The van der Waals surface area contributed by atoms with E-state index in [0.717, 1.165) is 6.54 Å². The van der Waals surface area contributed by atoms with Crippen LogP contribution >= 0.6 is 11.6 Å². The smallest absolute Gasteiger partial charge is 0.0348 e. The molecule has 40 valence electrons. The van der Waals surface area contributed by atoms with Crippen LogP contribution in [0.3, 0.4) is 0 Å². The van der Waals surface area contributed by atoms with Gasteiger partial charge in [-0.2, -0.15) is 0 Å². The molecule has 0 aromatic rings. The molecule has 0 aliphatic rings. The Morgan fingerprint density at radius 2 is 2.17 bits per heavy atom.